The Labute approximate surface area is 108 Å². The molecule has 2 aliphatic carbocycles. The van der Waals surface area contributed by atoms with E-state index in [0.29, 0.717) is 5.41 Å². The van der Waals surface area contributed by atoms with Crippen LogP contribution >= 0.6 is 0 Å². The van der Waals surface area contributed by atoms with Crippen LogP contribution in [0.1, 0.15) is 72.1 Å². The summed E-state index contributed by atoms with van der Waals surface area (Å²) in [4.78, 5) is 0. The van der Waals surface area contributed by atoms with Crippen LogP contribution in [0.3, 0.4) is 0 Å². The van der Waals surface area contributed by atoms with E-state index in [9.17, 15) is 0 Å². The molecule has 96 valence electrons. The van der Waals surface area contributed by atoms with Crippen molar-refractivity contribution in [1.29, 1.82) is 0 Å². The van der Waals surface area contributed by atoms with Gasteiger partial charge in [0, 0.05) is 5.41 Å². The Morgan fingerprint density at radius 2 is 1.41 bits per heavy atom. The molecular weight excluding hydrogens is 204 g/mol. The molecule has 0 radical (unpaired) electrons. The molecule has 0 saturated heterocycles. The minimum absolute atomic E-state index is 0.340. The predicted molar refractivity (Wildman–Crippen MR) is 74.6 cm³/mol. The summed E-state index contributed by atoms with van der Waals surface area (Å²) in [6, 6.07) is 0. The van der Waals surface area contributed by atoms with Crippen molar-refractivity contribution in [2.24, 2.45) is 23.2 Å². The van der Waals surface area contributed by atoms with Gasteiger partial charge in [0.2, 0.25) is 0 Å². The zero-order chi connectivity index (χ0) is 12.3. The molecule has 2 rings (SSSR count). The Morgan fingerprint density at radius 3 is 1.94 bits per heavy atom. The Morgan fingerprint density at radius 1 is 0.882 bits per heavy atom. The largest absolute Gasteiger partial charge is 0.106 e. The van der Waals surface area contributed by atoms with Gasteiger partial charge in [0.1, 0.15) is 0 Å². The van der Waals surface area contributed by atoms with Gasteiger partial charge >= 0.3 is 0 Å². The lowest BCUT2D eigenvalue weighted by Crippen LogP contribution is -2.29. The lowest BCUT2D eigenvalue weighted by atomic mass is 9.65. The fraction of sp³-hybridized carbons (Fsp3) is 0.882. The third-order valence-electron chi connectivity index (χ3n) is 5.29. The first kappa shape index (κ1) is 13.0. The highest BCUT2D eigenvalue weighted by atomic mass is 14.4. The van der Waals surface area contributed by atoms with E-state index in [4.69, 9.17) is 0 Å². The van der Waals surface area contributed by atoms with Crippen LogP contribution in [-0.2, 0) is 0 Å². The molecule has 2 saturated carbocycles. The van der Waals surface area contributed by atoms with Gasteiger partial charge in [0.05, 0.1) is 0 Å². The highest BCUT2D eigenvalue weighted by molar-refractivity contribution is 5.10. The van der Waals surface area contributed by atoms with Crippen molar-refractivity contribution in [2.45, 2.75) is 72.1 Å². The van der Waals surface area contributed by atoms with Gasteiger partial charge in [-0.25, -0.2) is 0 Å². The van der Waals surface area contributed by atoms with Gasteiger partial charge in [-0.05, 0) is 70.1 Å². The van der Waals surface area contributed by atoms with Crippen molar-refractivity contribution >= 4 is 0 Å². The van der Waals surface area contributed by atoms with E-state index in [0.717, 1.165) is 17.8 Å². The van der Waals surface area contributed by atoms with Gasteiger partial charge in [-0.1, -0.05) is 25.7 Å². The van der Waals surface area contributed by atoms with Crippen LogP contribution in [0.2, 0.25) is 0 Å². The quantitative estimate of drug-likeness (QED) is 0.556. The first-order valence-electron chi connectivity index (χ1n) is 7.57. The molecule has 2 aliphatic rings. The van der Waals surface area contributed by atoms with Crippen molar-refractivity contribution in [1.82, 2.24) is 0 Å². The Balaban J connectivity index is 1.84. The Hall–Kier alpha value is -0.440. The number of hydrogen-bond acceptors (Lipinski definition) is 0. The summed E-state index contributed by atoms with van der Waals surface area (Å²) in [7, 11) is 0. The summed E-state index contributed by atoms with van der Waals surface area (Å²) >= 11 is 0. The van der Waals surface area contributed by atoms with Crippen molar-refractivity contribution in [3.8, 4) is 11.8 Å². The van der Waals surface area contributed by atoms with Gasteiger partial charge in [-0.3, -0.25) is 0 Å². The maximum absolute atomic E-state index is 3.44. The molecule has 0 amide bonds. The molecule has 0 heteroatoms. The van der Waals surface area contributed by atoms with Gasteiger partial charge in [0.15, 0.2) is 0 Å². The van der Waals surface area contributed by atoms with Gasteiger partial charge in [-0.2, -0.15) is 0 Å². The molecule has 0 aromatic rings. The van der Waals surface area contributed by atoms with Crippen LogP contribution in [0.5, 0.6) is 0 Å². The van der Waals surface area contributed by atoms with Crippen LogP contribution in [0, 0.1) is 35.0 Å². The highest BCUT2D eigenvalue weighted by Gasteiger charge is 2.34. The van der Waals surface area contributed by atoms with Crippen molar-refractivity contribution < 1.29 is 0 Å². The second-order valence-electron chi connectivity index (χ2n) is 6.79. The molecule has 0 unspecified atom stereocenters. The van der Waals surface area contributed by atoms with E-state index < -0.39 is 0 Å². The molecule has 2 fully saturated rings. The smallest absolute Gasteiger partial charge is 0.0286 e. The first-order valence-corrected chi connectivity index (χ1v) is 7.57. The summed E-state index contributed by atoms with van der Waals surface area (Å²) in [6.07, 6.45) is 11.5. The predicted octanol–water partition coefficient (Wildman–Crippen LogP) is 5.03. The molecule has 0 aliphatic heterocycles. The van der Waals surface area contributed by atoms with E-state index in [1.807, 2.05) is 6.92 Å². The molecular formula is C17H28. The molecule has 0 spiro atoms. The molecule has 0 bridgehead atoms. The average molecular weight is 232 g/mol. The van der Waals surface area contributed by atoms with Crippen molar-refractivity contribution in [2.75, 3.05) is 0 Å². The first-order chi connectivity index (χ1) is 8.13. The standard InChI is InChI=1S/C17H28/c1-4-11-17(3)12-9-16(10-13-17)15-7-5-14(2)6-8-15/h14-16H,5-10,12-13H2,1-3H3. The number of hydrogen-bond donors (Lipinski definition) is 0. The summed E-state index contributed by atoms with van der Waals surface area (Å²) < 4.78 is 0. The molecule has 0 heterocycles. The minimum atomic E-state index is 0.340. The van der Waals surface area contributed by atoms with E-state index in [-0.39, 0.29) is 0 Å². The van der Waals surface area contributed by atoms with E-state index in [2.05, 4.69) is 25.7 Å². The zero-order valence-corrected chi connectivity index (χ0v) is 11.9. The van der Waals surface area contributed by atoms with E-state index >= 15 is 0 Å². The molecule has 0 N–H and O–H groups in total. The van der Waals surface area contributed by atoms with Crippen LogP contribution in [0.4, 0.5) is 0 Å². The van der Waals surface area contributed by atoms with E-state index in [1.165, 1.54) is 51.4 Å². The summed E-state index contributed by atoms with van der Waals surface area (Å²) in [6.45, 7) is 6.77. The summed E-state index contributed by atoms with van der Waals surface area (Å²) in [5.41, 5.74) is 0.340. The highest BCUT2D eigenvalue weighted by Crippen LogP contribution is 2.45. The third kappa shape index (κ3) is 3.27. The van der Waals surface area contributed by atoms with Crippen LogP contribution in [0.25, 0.3) is 0 Å². The average Bonchev–Trinajstić information content (AvgIpc) is 2.31. The topological polar surface area (TPSA) is 0 Å². The fourth-order valence-corrected chi connectivity index (χ4v) is 3.93. The van der Waals surface area contributed by atoms with Gasteiger partial charge < -0.3 is 0 Å². The minimum Gasteiger partial charge on any atom is -0.106 e. The summed E-state index contributed by atoms with van der Waals surface area (Å²) in [5, 5.41) is 0. The molecule has 0 aromatic carbocycles. The SMILES string of the molecule is CC#CC1(C)CCC(C2CCC(C)CC2)CC1. The maximum atomic E-state index is 3.44. The second kappa shape index (κ2) is 5.47. The van der Waals surface area contributed by atoms with Crippen LogP contribution in [0.15, 0.2) is 0 Å². The molecule has 17 heavy (non-hydrogen) atoms. The second-order valence-corrected chi connectivity index (χ2v) is 6.79. The van der Waals surface area contributed by atoms with Crippen LogP contribution in [-0.4, -0.2) is 0 Å². The van der Waals surface area contributed by atoms with Crippen molar-refractivity contribution in [3.63, 3.8) is 0 Å². The summed E-state index contributed by atoms with van der Waals surface area (Å²) in [5.74, 6) is 9.63. The van der Waals surface area contributed by atoms with E-state index in [1.54, 1.807) is 0 Å². The lowest BCUT2D eigenvalue weighted by molar-refractivity contribution is 0.134. The maximum Gasteiger partial charge on any atom is 0.0286 e. The molecule has 0 nitrogen and oxygen atoms in total. The monoisotopic (exact) mass is 232 g/mol. The van der Waals surface area contributed by atoms with Gasteiger partial charge in [-0.15, -0.1) is 5.92 Å². The van der Waals surface area contributed by atoms with Crippen LogP contribution < -0.4 is 0 Å². The Kier molecular flexibility index (Phi) is 4.18. The lowest BCUT2D eigenvalue weighted by Gasteiger charge is -2.39. The van der Waals surface area contributed by atoms with Crippen molar-refractivity contribution in [3.05, 3.63) is 0 Å². The van der Waals surface area contributed by atoms with Gasteiger partial charge in [0.25, 0.3) is 0 Å². The number of rotatable bonds is 1. The zero-order valence-electron chi connectivity index (χ0n) is 11.9. The third-order valence-corrected chi connectivity index (χ3v) is 5.29. The fourth-order valence-electron chi connectivity index (χ4n) is 3.93. The molecule has 0 atom stereocenters. The Bertz CT molecular complexity index is 288. The molecule has 0 aromatic heterocycles. The normalized spacial score (nSPS) is 42.6.